The first-order valence-electron chi connectivity index (χ1n) is 9.27. The fourth-order valence-corrected chi connectivity index (χ4v) is 3.06. The molecule has 2 aromatic rings. The number of nitrogens with one attached hydrogen (secondary N) is 2. The minimum Gasteiger partial charge on any atom is -0.490 e. The Morgan fingerprint density at radius 3 is 2.36 bits per heavy atom. The summed E-state index contributed by atoms with van der Waals surface area (Å²) in [6.07, 6.45) is 0. The van der Waals surface area contributed by atoms with Gasteiger partial charge in [0.25, 0.3) is 0 Å². The molecule has 0 unspecified atom stereocenters. The molecule has 28 heavy (non-hydrogen) atoms. The van der Waals surface area contributed by atoms with Gasteiger partial charge in [-0.15, -0.1) is 0 Å². The minimum absolute atomic E-state index is 0.0783. The predicted molar refractivity (Wildman–Crippen MR) is 115 cm³/mol. The summed E-state index contributed by atoms with van der Waals surface area (Å²) in [6.45, 7) is 8.75. The molecule has 2 aromatic carbocycles. The quantitative estimate of drug-likeness (QED) is 0.560. The van der Waals surface area contributed by atoms with E-state index in [2.05, 4.69) is 10.6 Å². The van der Waals surface area contributed by atoms with E-state index in [1.54, 1.807) is 25.1 Å². The van der Waals surface area contributed by atoms with Gasteiger partial charge in [-0.1, -0.05) is 29.3 Å². The summed E-state index contributed by atoms with van der Waals surface area (Å²) >= 11 is 12.1. The molecule has 0 aliphatic heterocycles. The Morgan fingerprint density at radius 1 is 1.00 bits per heavy atom. The molecule has 7 heteroatoms. The maximum absolute atomic E-state index is 12.5. The molecule has 5 nitrogen and oxygen atoms in total. The molecule has 0 aliphatic rings. The van der Waals surface area contributed by atoms with Crippen LogP contribution in [0.2, 0.25) is 10.0 Å². The summed E-state index contributed by atoms with van der Waals surface area (Å²) in [5.41, 5.74) is 1.48. The van der Waals surface area contributed by atoms with Crippen molar-refractivity contribution in [3.8, 4) is 11.5 Å². The van der Waals surface area contributed by atoms with Crippen LogP contribution in [-0.2, 0) is 4.79 Å². The van der Waals surface area contributed by atoms with Crippen molar-refractivity contribution < 1.29 is 14.3 Å². The number of ether oxygens (including phenoxy) is 2. The van der Waals surface area contributed by atoms with Gasteiger partial charge in [0.1, 0.15) is 0 Å². The lowest BCUT2D eigenvalue weighted by Gasteiger charge is -2.21. The first-order valence-corrected chi connectivity index (χ1v) is 10.0. The van der Waals surface area contributed by atoms with E-state index >= 15 is 0 Å². The number of hydrogen-bond acceptors (Lipinski definition) is 4. The molecule has 0 heterocycles. The molecule has 0 aromatic heterocycles. The van der Waals surface area contributed by atoms with Crippen LogP contribution in [0.5, 0.6) is 11.5 Å². The largest absolute Gasteiger partial charge is 0.490 e. The standard InChI is InChI=1S/C21H26Cl2N2O3/c1-5-27-19-10-7-15(11-20(19)28-6-2)13(3)24-14(4)21(26)25-18-12-16(22)8-9-17(18)23/h7-14,24H,5-6H2,1-4H3,(H,25,26)/t13-,14-/m0/s1. The van der Waals surface area contributed by atoms with Gasteiger partial charge in [0, 0.05) is 11.1 Å². The van der Waals surface area contributed by atoms with Gasteiger partial charge in [-0.25, -0.2) is 0 Å². The zero-order valence-corrected chi connectivity index (χ0v) is 18.0. The van der Waals surface area contributed by atoms with Crippen LogP contribution in [0.4, 0.5) is 5.69 Å². The predicted octanol–water partition coefficient (Wildman–Crippen LogP) is 5.47. The second kappa shape index (κ2) is 10.6. The maximum Gasteiger partial charge on any atom is 0.241 e. The molecule has 2 atom stereocenters. The Bertz CT molecular complexity index is 814. The Kier molecular flexibility index (Phi) is 8.42. The van der Waals surface area contributed by atoms with Crippen LogP contribution < -0.4 is 20.1 Å². The second-order valence-electron chi connectivity index (χ2n) is 6.30. The zero-order valence-electron chi connectivity index (χ0n) is 16.5. The SMILES string of the molecule is CCOc1ccc([C@H](C)N[C@@H](C)C(=O)Nc2cc(Cl)ccc2Cl)cc1OCC. The van der Waals surface area contributed by atoms with Crippen molar-refractivity contribution in [2.24, 2.45) is 0 Å². The average molecular weight is 425 g/mol. The lowest BCUT2D eigenvalue weighted by atomic mass is 10.1. The molecular formula is C21H26Cl2N2O3. The highest BCUT2D eigenvalue weighted by Gasteiger charge is 2.18. The van der Waals surface area contributed by atoms with Crippen molar-refractivity contribution in [1.82, 2.24) is 5.32 Å². The van der Waals surface area contributed by atoms with Gasteiger partial charge >= 0.3 is 0 Å². The highest BCUT2D eigenvalue weighted by Crippen LogP contribution is 2.31. The third-order valence-corrected chi connectivity index (χ3v) is 4.71. The van der Waals surface area contributed by atoms with E-state index in [-0.39, 0.29) is 11.9 Å². The van der Waals surface area contributed by atoms with Crippen LogP contribution in [0.3, 0.4) is 0 Å². The van der Waals surface area contributed by atoms with Crippen molar-refractivity contribution in [1.29, 1.82) is 0 Å². The Morgan fingerprint density at radius 2 is 1.68 bits per heavy atom. The van der Waals surface area contributed by atoms with Crippen LogP contribution in [0.1, 0.15) is 39.3 Å². The van der Waals surface area contributed by atoms with Gasteiger partial charge in [-0.05, 0) is 63.6 Å². The summed E-state index contributed by atoms with van der Waals surface area (Å²) < 4.78 is 11.3. The van der Waals surface area contributed by atoms with Crippen molar-refractivity contribution in [2.45, 2.75) is 39.8 Å². The Balaban J connectivity index is 2.06. The third kappa shape index (κ3) is 6.03. The van der Waals surface area contributed by atoms with Crippen LogP contribution >= 0.6 is 23.2 Å². The molecule has 0 saturated carbocycles. The molecule has 0 bridgehead atoms. The number of benzene rings is 2. The zero-order chi connectivity index (χ0) is 20.7. The van der Waals surface area contributed by atoms with E-state index in [4.69, 9.17) is 32.7 Å². The molecule has 0 spiro atoms. The number of amides is 1. The minimum atomic E-state index is -0.452. The van der Waals surface area contributed by atoms with Crippen molar-refractivity contribution in [3.05, 3.63) is 52.0 Å². The van der Waals surface area contributed by atoms with Crippen LogP contribution in [0, 0.1) is 0 Å². The Hall–Kier alpha value is -1.95. The number of halogens is 2. The fourth-order valence-electron chi connectivity index (χ4n) is 2.72. The molecular weight excluding hydrogens is 399 g/mol. The molecule has 152 valence electrons. The number of carbonyl (C=O) groups excluding carboxylic acids is 1. The number of carbonyl (C=O) groups is 1. The molecule has 2 rings (SSSR count). The fraction of sp³-hybridized carbons (Fsp3) is 0.381. The summed E-state index contributed by atoms with van der Waals surface area (Å²) in [5, 5.41) is 7.03. The lowest BCUT2D eigenvalue weighted by molar-refractivity contribution is -0.117. The Labute approximate surface area is 176 Å². The molecule has 1 amide bonds. The highest BCUT2D eigenvalue weighted by molar-refractivity contribution is 6.35. The van der Waals surface area contributed by atoms with Crippen LogP contribution in [0.25, 0.3) is 0 Å². The van der Waals surface area contributed by atoms with E-state index in [0.29, 0.717) is 40.4 Å². The van der Waals surface area contributed by atoms with Gasteiger partial charge in [0.05, 0.1) is 30.0 Å². The summed E-state index contributed by atoms with van der Waals surface area (Å²) in [5.74, 6) is 1.20. The first kappa shape index (κ1) is 22.3. The normalized spacial score (nSPS) is 12.9. The average Bonchev–Trinajstić information content (AvgIpc) is 2.66. The molecule has 0 aliphatic carbocycles. The second-order valence-corrected chi connectivity index (χ2v) is 7.14. The van der Waals surface area contributed by atoms with E-state index in [1.165, 1.54) is 0 Å². The smallest absolute Gasteiger partial charge is 0.241 e. The van der Waals surface area contributed by atoms with E-state index in [1.807, 2.05) is 39.0 Å². The molecule has 0 saturated heterocycles. The van der Waals surface area contributed by atoms with E-state index in [0.717, 1.165) is 5.56 Å². The van der Waals surface area contributed by atoms with Crippen molar-refractivity contribution >= 4 is 34.8 Å². The monoisotopic (exact) mass is 424 g/mol. The van der Waals surface area contributed by atoms with E-state index < -0.39 is 6.04 Å². The van der Waals surface area contributed by atoms with Gasteiger partial charge in [-0.3, -0.25) is 10.1 Å². The number of hydrogen-bond donors (Lipinski definition) is 2. The van der Waals surface area contributed by atoms with Crippen LogP contribution in [0.15, 0.2) is 36.4 Å². The van der Waals surface area contributed by atoms with Gasteiger partial charge in [-0.2, -0.15) is 0 Å². The highest BCUT2D eigenvalue weighted by atomic mass is 35.5. The molecule has 0 radical (unpaired) electrons. The first-order chi connectivity index (χ1) is 13.3. The van der Waals surface area contributed by atoms with Gasteiger partial charge in [0.2, 0.25) is 5.91 Å². The topological polar surface area (TPSA) is 59.6 Å². The van der Waals surface area contributed by atoms with Crippen LogP contribution in [-0.4, -0.2) is 25.2 Å². The van der Waals surface area contributed by atoms with Gasteiger partial charge in [0.15, 0.2) is 11.5 Å². The van der Waals surface area contributed by atoms with Gasteiger partial charge < -0.3 is 14.8 Å². The summed E-state index contributed by atoms with van der Waals surface area (Å²) in [6, 6.07) is 10.2. The van der Waals surface area contributed by atoms with E-state index in [9.17, 15) is 4.79 Å². The molecule has 0 fully saturated rings. The maximum atomic E-state index is 12.5. The third-order valence-electron chi connectivity index (χ3n) is 4.15. The lowest BCUT2D eigenvalue weighted by Crippen LogP contribution is -2.39. The van der Waals surface area contributed by atoms with Crippen molar-refractivity contribution in [2.75, 3.05) is 18.5 Å². The molecule has 2 N–H and O–H groups in total. The summed E-state index contributed by atoms with van der Waals surface area (Å²) in [7, 11) is 0. The van der Waals surface area contributed by atoms with Crippen molar-refractivity contribution in [3.63, 3.8) is 0 Å². The number of anilines is 1. The summed E-state index contributed by atoms with van der Waals surface area (Å²) in [4.78, 5) is 12.5. The number of rotatable bonds is 9.